The normalized spacial score (nSPS) is 19.9. The van der Waals surface area contributed by atoms with Crippen LogP contribution in [0.25, 0.3) is 0 Å². The van der Waals surface area contributed by atoms with Gasteiger partial charge in [-0.3, -0.25) is 9.59 Å². The predicted molar refractivity (Wildman–Crippen MR) is 110 cm³/mol. The number of benzene rings is 1. The molecule has 0 saturated carbocycles. The van der Waals surface area contributed by atoms with E-state index >= 15 is 0 Å². The molecular formula is C20H30ClN3O4. The molecule has 2 N–H and O–H groups in total. The number of anilines is 1. The molecule has 0 spiro atoms. The number of halogens is 1. The van der Waals surface area contributed by atoms with Crippen LogP contribution in [0.1, 0.15) is 42.5 Å². The molecule has 1 aromatic carbocycles. The Labute approximate surface area is 172 Å². The first-order valence-corrected chi connectivity index (χ1v) is 9.75. The zero-order valence-corrected chi connectivity index (χ0v) is 17.2. The third-order valence-corrected chi connectivity index (χ3v) is 5.04. The summed E-state index contributed by atoms with van der Waals surface area (Å²) in [6, 6.07) is 5.22. The molecule has 1 unspecified atom stereocenters. The molecule has 2 aliphatic heterocycles. The van der Waals surface area contributed by atoms with E-state index in [0.29, 0.717) is 36.6 Å². The van der Waals surface area contributed by atoms with E-state index in [1.807, 2.05) is 4.90 Å². The lowest BCUT2D eigenvalue weighted by Gasteiger charge is -2.23. The lowest BCUT2D eigenvalue weighted by atomic mass is 10.1. The number of amides is 2. The highest BCUT2D eigenvalue weighted by molar-refractivity contribution is 5.98. The van der Waals surface area contributed by atoms with Crippen LogP contribution in [0, 0.1) is 0 Å². The number of rotatable bonds is 5. The molecule has 1 aromatic rings. The Morgan fingerprint density at radius 3 is 2.64 bits per heavy atom. The number of nitrogens with one attached hydrogen (secondary N) is 2. The summed E-state index contributed by atoms with van der Waals surface area (Å²) in [4.78, 5) is 27.2. The van der Waals surface area contributed by atoms with Crippen LogP contribution < -0.4 is 15.4 Å². The van der Waals surface area contributed by atoms with Crippen LogP contribution in [0.5, 0.6) is 5.75 Å². The molecule has 2 amide bonds. The number of nitrogens with zero attached hydrogens (tertiary/aromatic N) is 1. The number of morpholine rings is 1. The predicted octanol–water partition coefficient (Wildman–Crippen LogP) is 2.45. The quantitative estimate of drug-likeness (QED) is 0.778. The third kappa shape index (κ3) is 6.09. The summed E-state index contributed by atoms with van der Waals surface area (Å²) in [7, 11) is 1.55. The van der Waals surface area contributed by atoms with E-state index in [2.05, 4.69) is 10.6 Å². The van der Waals surface area contributed by atoms with Crippen molar-refractivity contribution in [1.82, 2.24) is 10.2 Å². The maximum Gasteiger partial charge on any atom is 0.253 e. The van der Waals surface area contributed by atoms with Crippen molar-refractivity contribution in [3.63, 3.8) is 0 Å². The molecule has 156 valence electrons. The average Bonchev–Trinajstić information content (AvgIpc) is 2.97. The molecule has 0 aromatic heterocycles. The molecule has 28 heavy (non-hydrogen) atoms. The van der Waals surface area contributed by atoms with Gasteiger partial charge in [0.2, 0.25) is 5.91 Å². The molecule has 3 rings (SSSR count). The Balaban J connectivity index is 0.00000280. The van der Waals surface area contributed by atoms with Gasteiger partial charge in [0.1, 0.15) is 5.75 Å². The van der Waals surface area contributed by atoms with E-state index in [1.165, 1.54) is 12.8 Å². The van der Waals surface area contributed by atoms with E-state index in [9.17, 15) is 9.59 Å². The summed E-state index contributed by atoms with van der Waals surface area (Å²) < 4.78 is 10.7. The second kappa shape index (κ2) is 11.2. The van der Waals surface area contributed by atoms with E-state index in [0.717, 1.165) is 32.5 Å². The van der Waals surface area contributed by atoms with Gasteiger partial charge in [-0.2, -0.15) is 0 Å². The first kappa shape index (κ1) is 22.5. The highest BCUT2D eigenvalue weighted by Crippen LogP contribution is 2.27. The van der Waals surface area contributed by atoms with Crippen molar-refractivity contribution in [3.8, 4) is 5.75 Å². The number of likely N-dealkylation sites (tertiary alicyclic amines) is 1. The molecule has 0 radical (unpaired) electrons. The number of carbonyl (C=O) groups is 2. The molecule has 1 atom stereocenters. The molecule has 7 nitrogen and oxygen atoms in total. The summed E-state index contributed by atoms with van der Waals surface area (Å²) >= 11 is 0. The minimum Gasteiger partial charge on any atom is -0.495 e. The Hall–Kier alpha value is -1.83. The smallest absolute Gasteiger partial charge is 0.253 e. The van der Waals surface area contributed by atoms with Crippen molar-refractivity contribution in [1.29, 1.82) is 0 Å². The number of hydrogen-bond acceptors (Lipinski definition) is 5. The second-order valence-corrected chi connectivity index (χ2v) is 7.10. The molecule has 8 heteroatoms. The SMILES string of the molecule is COc1ccc(C(=O)N2CCCCCC2)cc1NC(=O)CC1COCCN1.Cl. The standard InChI is InChI=1S/C20H29N3O4.ClH/c1-26-18-7-6-15(20(25)23-9-4-2-3-5-10-23)12-17(18)22-19(24)13-16-14-27-11-8-21-16;/h6-7,12,16,21H,2-5,8-11,13-14H2,1H3,(H,22,24);1H. The number of methoxy groups -OCH3 is 1. The van der Waals surface area contributed by atoms with E-state index in [-0.39, 0.29) is 30.3 Å². The minimum absolute atomic E-state index is 0. The Bertz CT molecular complexity index is 657. The lowest BCUT2D eigenvalue weighted by molar-refractivity contribution is -0.117. The van der Waals surface area contributed by atoms with Gasteiger partial charge in [-0.15, -0.1) is 12.4 Å². The maximum atomic E-state index is 12.9. The minimum atomic E-state index is -0.129. The first-order chi connectivity index (χ1) is 13.2. The van der Waals surface area contributed by atoms with E-state index in [1.54, 1.807) is 25.3 Å². The van der Waals surface area contributed by atoms with Gasteiger partial charge in [0.25, 0.3) is 5.91 Å². The summed E-state index contributed by atoms with van der Waals surface area (Å²) in [5.74, 6) is 0.427. The van der Waals surface area contributed by atoms with Crippen LogP contribution in [0.2, 0.25) is 0 Å². The number of hydrogen-bond donors (Lipinski definition) is 2. The summed E-state index contributed by atoms with van der Waals surface area (Å²) in [5, 5.41) is 6.15. The fraction of sp³-hybridized carbons (Fsp3) is 0.600. The van der Waals surface area contributed by atoms with Crippen LogP contribution in [0.15, 0.2) is 18.2 Å². The van der Waals surface area contributed by atoms with Crippen LogP contribution in [-0.4, -0.2) is 62.7 Å². The van der Waals surface area contributed by atoms with Crippen molar-refractivity contribution >= 4 is 29.9 Å². The van der Waals surface area contributed by atoms with Gasteiger partial charge in [0.05, 0.1) is 26.0 Å². The molecule has 0 bridgehead atoms. The summed E-state index contributed by atoms with van der Waals surface area (Å²) in [6.45, 7) is 3.53. The Morgan fingerprint density at radius 2 is 2.00 bits per heavy atom. The molecule has 2 fully saturated rings. The van der Waals surface area contributed by atoms with Gasteiger partial charge >= 0.3 is 0 Å². The van der Waals surface area contributed by atoms with Gasteiger partial charge < -0.3 is 25.0 Å². The molecular weight excluding hydrogens is 382 g/mol. The number of carbonyl (C=O) groups excluding carboxylic acids is 2. The summed E-state index contributed by atoms with van der Waals surface area (Å²) in [6.07, 6.45) is 4.75. The topological polar surface area (TPSA) is 79.9 Å². The molecule has 2 saturated heterocycles. The largest absolute Gasteiger partial charge is 0.495 e. The van der Waals surface area contributed by atoms with Crippen LogP contribution in [0.3, 0.4) is 0 Å². The van der Waals surface area contributed by atoms with Gasteiger partial charge in [-0.05, 0) is 31.0 Å². The fourth-order valence-corrected chi connectivity index (χ4v) is 3.57. The highest BCUT2D eigenvalue weighted by Gasteiger charge is 2.21. The van der Waals surface area contributed by atoms with Gasteiger partial charge in [-0.25, -0.2) is 0 Å². The van der Waals surface area contributed by atoms with Gasteiger partial charge in [-0.1, -0.05) is 12.8 Å². The van der Waals surface area contributed by atoms with Crippen LogP contribution >= 0.6 is 12.4 Å². The van der Waals surface area contributed by atoms with Gasteiger partial charge in [0, 0.05) is 37.7 Å². The molecule has 0 aliphatic carbocycles. The van der Waals surface area contributed by atoms with Gasteiger partial charge in [0.15, 0.2) is 0 Å². The van der Waals surface area contributed by atoms with Crippen molar-refractivity contribution in [2.24, 2.45) is 0 Å². The van der Waals surface area contributed by atoms with Crippen molar-refractivity contribution in [3.05, 3.63) is 23.8 Å². The second-order valence-electron chi connectivity index (χ2n) is 7.10. The lowest BCUT2D eigenvalue weighted by Crippen LogP contribution is -2.43. The van der Waals surface area contributed by atoms with E-state index < -0.39 is 0 Å². The Kier molecular flexibility index (Phi) is 9.02. The first-order valence-electron chi connectivity index (χ1n) is 9.75. The fourth-order valence-electron chi connectivity index (χ4n) is 3.57. The zero-order chi connectivity index (χ0) is 19.1. The third-order valence-electron chi connectivity index (χ3n) is 5.04. The average molecular weight is 412 g/mol. The van der Waals surface area contributed by atoms with Crippen molar-refractivity contribution < 1.29 is 19.1 Å². The number of ether oxygens (including phenoxy) is 2. The molecule has 2 aliphatic rings. The highest BCUT2D eigenvalue weighted by atomic mass is 35.5. The van der Waals surface area contributed by atoms with E-state index in [4.69, 9.17) is 9.47 Å². The monoisotopic (exact) mass is 411 g/mol. The van der Waals surface area contributed by atoms with Crippen molar-refractivity contribution in [2.75, 3.05) is 45.3 Å². The Morgan fingerprint density at radius 1 is 1.25 bits per heavy atom. The van der Waals surface area contributed by atoms with Crippen LogP contribution in [0.4, 0.5) is 5.69 Å². The van der Waals surface area contributed by atoms with Crippen molar-refractivity contribution in [2.45, 2.75) is 38.1 Å². The summed E-state index contributed by atoms with van der Waals surface area (Å²) in [5.41, 5.74) is 1.10. The zero-order valence-electron chi connectivity index (χ0n) is 16.4. The van der Waals surface area contributed by atoms with Crippen LogP contribution in [-0.2, 0) is 9.53 Å². The maximum absolute atomic E-state index is 12.9. The molecule has 2 heterocycles.